The van der Waals surface area contributed by atoms with Gasteiger partial charge in [0.2, 0.25) is 0 Å². The van der Waals surface area contributed by atoms with Crippen LogP contribution in [0.5, 0.6) is 0 Å². The molecule has 0 radical (unpaired) electrons. The Morgan fingerprint density at radius 1 is 0.255 bits per heavy atom. The Kier molecular flexibility index (Phi) is 6.59. The zero-order valence-electron chi connectivity index (χ0n) is 26.0. The van der Waals surface area contributed by atoms with Gasteiger partial charge in [-0.05, 0) is 75.3 Å². The van der Waals surface area contributed by atoms with Gasteiger partial charge in [-0.15, -0.1) is 0 Å². The van der Waals surface area contributed by atoms with E-state index >= 15 is 0 Å². The van der Waals surface area contributed by atoms with Gasteiger partial charge < -0.3 is 0 Å². The van der Waals surface area contributed by atoms with Gasteiger partial charge in [0, 0.05) is 0 Å². The zero-order chi connectivity index (χ0) is 31.2. The molecule has 0 aliphatic carbocycles. The van der Waals surface area contributed by atoms with Gasteiger partial charge in [0.15, 0.2) is 8.07 Å². The molecule has 0 saturated heterocycles. The topological polar surface area (TPSA) is 0 Å². The predicted molar refractivity (Wildman–Crippen MR) is 205 cm³/mol. The van der Waals surface area contributed by atoms with E-state index in [1.807, 2.05) is 0 Å². The minimum absolute atomic E-state index is 1.23. The Hall–Kier alpha value is -5.76. The molecule has 0 aliphatic heterocycles. The molecule has 1 heteroatoms. The average molecular weight is 613 g/mol. The summed E-state index contributed by atoms with van der Waals surface area (Å²) in [6, 6.07) is 72.1. The highest BCUT2D eigenvalue weighted by Gasteiger charge is 2.41. The van der Waals surface area contributed by atoms with Crippen LogP contribution >= 0.6 is 0 Å². The molecule has 0 N–H and O–H groups in total. The maximum absolute atomic E-state index is 2.53. The van der Waals surface area contributed by atoms with Crippen LogP contribution in [0.3, 0.4) is 0 Å². The van der Waals surface area contributed by atoms with E-state index in [1.54, 1.807) is 0 Å². The van der Waals surface area contributed by atoms with Crippen molar-refractivity contribution in [2.75, 3.05) is 0 Å². The van der Waals surface area contributed by atoms with Gasteiger partial charge in [0.25, 0.3) is 0 Å². The van der Waals surface area contributed by atoms with Crippen molar-refractivity contribution >= 4 is 61.1 Å². The van der Waals surface area contributed by atoms with E-state index in [-0.39, 0.29) is 0 Å². The van der Waals surface area contributed by atoms with Gasteiger partial charge in [-0.2, -0.15) is 0 Å². The summed E-state index contributed by atoms with van der Waals surface area (Å²) in [6.45, 7) is 0. The Balaban J connectivity index is 1.13. The van der Waals surface area contributed by atoms with Gasteiger partial charge in [-0.25, -0.2) is 0 Å². The highest BCUT2D eigenvalue weighted by atomic mass is 28.3. The van der Waals surface area contributed by atoms with Crippen LogP contribution in [0.1, 0.15) is 0 Å². The average Bonchev–Trinajstić information content (AvgIpc) is 3.16. The van der Waals surface area contributed by atoms with Crippen molar-refractivity contribution < 1.29 is 0 Å². The van der Waals surface area contributed by atoms with E-state index in [2.05, 4.69) is 194 Å². The van der Waals surface area contributed by atoms with Crippen molar-refractivity contribution in [1.82, 2.24) is 0 Å². The fourth-order valence-corrected chi connectivity index (χ4v) is 12.6. The molecule has 9 aromatic carbocycles. The first-order valence-corrected chi connectivity index (χ1v) is 18.4. The first-order chi connectivity index (χ1) is 23.3. The van der Waals surface area contributed by atoms with Gasteiger partial charge in [-0.1, -0.05) is 194 Å². The van der Waals surface area contributed by atoms with Crippen LogP contribution in [0.2, 0.25) is 0 Å². The maximum atomic E-state index is 2.38. The van der Waals surface area contributed by atoms with Crippen LogP contribution in [0.4, 0.5) is 0 Å². The van der Waals surface area contributed by atoms with E-state index in [0.29, 0.717) is 0 Å². The van der Waals surface area contributed by atoms with E-state index < -0.39 is 8.07 Å². The molecule has 47 heavy (non-hydrogen) atoms. The lowest BCUT2D eigenvalue weighted by atomic mass is 9.89. The number of hydrogen-bond acceptors (Lipinski definition) is 0. The predicted octanol–water partition coefficient (Wildman–Crippen LogP) is 9.30. The lowest BCUT2D eigenvalue weighted by Crippen LogP contribution is -2.74. The van der Waals surface area contributed by atoms with Gasteiger partial charge >= 0.3 is 0 Å². The molecule has 0 amide bonds. The quantitative estimate of drug-likeness (QED) is 0.0997. The van der Waals surface area contributed by atoms with E-state index in [9.17, 15) is 0 Å². The number of hydrogen-bond donors (Lipinski definition) is 0. The second kappa shape index (κ2) is 11.2. The minimum Gasteiger partial charge on any atom is -0.0623 e. The summed E-state index contributed by atoms with van der Waals surface area (Å²) in [5.41, 5.74) is 4.98. The normalized spacial score (nSPS) is 11.8. The van der Waals surface area contributed by atoms with Crippen molar-refractivity contribution in [1.29, 1.82) is 0 Å². The molecule has 0 nitrogen and oxygen atoms in total. The third-order valence-corrected chi connectivity index (χ3v) is 14.8. The standard InChI is InChI=1S/C46H32Si/c1-4-13-39(14-5-1)47(40-15-6-2-7-16-40,41-17-8-3-9-18-41)42-29-25-34(26-30-42)33-19-21-35(22-20-33)43-31-27-38-24-23-36-11-10-12-37-28-32-44(43)46(38)45(36)37/h1-32H. The van der Waals surface area contributed by atoms with Gasteiger partial charge in [0.05, 0.1) is 0 Å². The van der Waals surface area contributed by atoms with Crippen LogP contribution in [-0.2, 0) is 0 Å². The highest BCUT2D eigenvalue weighted by Crippen LogP contribution is 2.39. The van der Waals surface area contributed by atoms with Gasteiger partial charge in [0.1, 0.15) is 0 Å². The third-order valence-electron chi connectivity index (χ3n) is 10.00. The summed E-state index contributed by atoms with van der Waals surface area (Å²) in [6.07, 6.45) is 0. The van der Waals surface area contributed by atoms with Crippen molar-refractivity contribution in [3.8, 4) is 22.3 Å². The first kappa shape index (κ1) is 27.5. The molecule has 220 valence electrons. The number of benzene rings is 9. The summed E-state index contributed by atoms with van der Waals surface area (Å²) in [5, 5.41) is 13.5. The Morgan fingerprint density at radius 3 is 1.19 bits per heavy atom. The molecular weight excluding hydrogens is 581 g/mol. The lowest BCUT2D eigenvalue weighted by molar-refractivity contribution is 1.61. The van der Waals surface area contributed by atoms with Crippen LogP contribution < -0.4 is 20.7 Å². The largest absolute Gasteiger partial charge is 0.179 e. The summed E-state index contributed by atoms with van der Waals surface area (Å²) in [7, 11) is -2.53. The summed E-state index contributed by atoms with van der Waals surface area (Å²) >= 11 is 0. The molecule has 9 aromatic rings. The third kappa shape index (κ3) is 4.43. The van der Waals surface area contributed by atoms with Crippen LogP contribution in [-0.4, -0.2) is 8.07 Å². The molecule has 0 heterocycles. The van der Waals surface area contributed by atoms with Crippen molar-refractivity contribution in [3.05, 3.63) is 194 Å². The Labute approximate surface area is 276 Å². The van der Waals surface area contributed by atoms with Crippen LogP contribution in [0, 0.1) is 0 Å². The maximum Gasteiger partial charge on any atom is 0.179 e. The summed E-state index contributed by atoms with van der Waals surface area (Å²) < 4.78 is 0. The molecule has 0 aliphatic rings. The smallest absolute Gasteiger partial charge is 0.0623 e. The Morgan fingerprint density at radius 2 is 0.660 bits per heavy atom. The van der Waals surface area contributed by atoms with Crippen LogP contribution in [0.15, 0.2) is 194 Å². The van der Waals surface area contributed by atoms with Gasteiger partial charge in [-0.3, -0.25) is 0 Å². The lowest BCUT2D eigenvalue weighted by Gasteiger charge is -2.34. The first-order valence-electron chi connectivity index (χ1n) is 16.4. The fourth-order valence-electron chi connectivity index (χ4n) is 7.81. The van der Waals surface area contributed by atoms with Crippen molar-refractivity contribution in [2.24, 2.45) is 0 Å². The molecule has 0 fully saturated rings. The molecule has 0 bridgehead atoms. The van der Waals surface area contributed by atoms with Crippen molar-refractivity contribution in [2.45, 2.75) is 0 Å². The molecule has 0 atom stereocenters. The minimum atomic E-state index is -2.53. The molecular formula is C46H32Si. The summed E-state index contributed by atoms with van der Waals surface area (Å²) in [4.78, 5) is 0. The fraction of sp³-hybridized carbons (Fsp3) is 0. The monoisotopic (exact) mass is 612 g/mol. The van der Waals surface area contributed by atoms with E-state index in [0.717, 1.165) is 0 Å². The van der Waals surface area contributed by atoms with Crippen molar-refractivity contribution in [3.63, 3.8) is 0 Å². The van der Waals surface area contributed by atoms with Crippen LogP contribution in [0.25, 0.3) is 54.6 Å². The molecule has 0 spiro atoms. The second-order valence-electron chi connectivity index (χ2n) is 12.5. The Bertz CT molecular complexity index is 2350. The highest BCUT2D eigenvalue weighted by molar-refractivity contribution is 7.19. The zero-order valence-corrected chi connectivity index (χ0v) is 27.0. The van der Waals surface area contributed by atoms with E-state index in [4.69, 9.17) is 0 Å². The number of rotatable bonds is 6. The molecule has 0 saturated carbocycles. The SMILES string of the molecule is c1ccc([Si](c2ccccc2)(c2ccccc2)c2ccc(-c3ccc(-c4ccc5ccc6cccc7ccc4c5c67)cc3)cc2)cc1. The second-order valence-corrected chi connectivity index (χ2v) is 16.3. The van der Waals surface area contributed by atoms with E-state index in [1.165, 1.54) is 75.3 Å². The molecule has 0 aromatic heterocycles. The summed E-state index contributed by atoms with van der Waals surface area (Å²) in [5.74, 6) is 0. The molecule has 9 rings (SSSR count). The molecule has 0 unspecified atom stereocenters.